The van der Waals surface area contributed by atoms with Crippen LogP contribution in [0.15, 0.2) is 30.3 Å². The summed E-state index contributed by atoms with van der Waals surface area (Å²) in [7, 11) is 0. The molecule has 1 aliphatic rings. The SMILES string of the molecule is CCCO[C@@H]1[C@H](OC(C)=O)[C@H](C)O[C@H](O)[C@H]1OCc1ccccc1. The summed E-state index contributed by atoms with van der Waals surface area (Å²) in [6, 6.07) is 9.63. The van der Waals surface area contributed by atoms with Gasteiger partial charge in [-0.25, -0.2) is 0 Å². The zero-order valence-electron chi connectivity index (χ0n) is 14.4. The van der Waals surface area contributed by atoms with E-state index in [1.807, 2.05) is 37.3 Å². The van der Waals surface area contributed by atoms with Gasteiger partial charge in [0.25, 0.3) is 0 Å². The zero-order chi connectivity index (χ0) is 17.5. The zero-order valence-corrected chi connectivity index (χ0v) is 14.4. The Morgan fingerprint density at radius 2 is 1.88 bits per heavy atom. The molecule has 0 aliphatic carbocycles. The lowest BCUT2D eigenvalue weighted by Gasteiger charge is -2.42. The molecule has 0 radical (unpaired) electrons. The summed E-state index contributed by atoms with van der Waals surface area (Å²) in [5, 5.41) is 10.3. The van der Waals surface area contributed by atoms with Crippen LogP contribution in [0.2, 0.25) is 0 Å². The number of ether oxygens (including phenoxy) is 4. The molecule has 5 atom stereocenters. The highest BCUT2D eigenvalue weighted by Gasteiger charge is 2.47. The van der Waals surface area contributed by atoms with E-state index in [2.05, 4.69) is 0 Å². The van der Waals surface area contributed by atoms with Crippen molar-refractivity contribution in [2.75, 3.05) is 6.61 Å². The molecule has 6 nitrogen and oxygen atoms in total. The molecule has 1 aliphatic heterocycles. The predicted molar refractivity (Wildman–Crippen MR) is 87.2 cm³/mol. The van der Waals surface area contributed by atoms with E-state index >= 15 is 0 Å². The van der Waals surface area contributed by atoms with Crippen LogP contribution in [0.5, 0.6) is 0 Å². The summed E-state index contributed by atoms with van der Waals surface area (Å²) >= 11 is 0. The largest absolute Gasteiger partial charge is 0.457 e. The van der Waals surface area contributed by atoms with Crippen molar-refractivity contribution < 1.29 is 28.8 Å². The molecule has 24 heavy (non-hydrogen) atoms. The maximum absolute atomic E-state index is 11.4. The van der Waals surface area contributed by atoms with E-state index in [0.717, 1.165) is 12.0 Å². The summed E-state index contributed by atoms with van der Waals surface area (Å²) in [4.78, 5) is 11.4. The Morgan fingerprint density at radius 1 is 1.17 bits per heavy atom. The second-order valence-electron chi connectivity index (χ2n) is 5.90. The lowest BCUT2D eigenvalue weighted by atomic mass is 9.99. The van der Waals surface area contributed by atoms with Gasteiger partial charge in [-0.3, -0.25) is 4.79 Å². The highest BCUT2D eigenvalue weighted by atomic mass is 16.7. The third kappa shape index (κ3) is 5.01. The maximum atomic E-state index is 11.4. The first-order valence-electron chi connectivity index (χ1n) is 8.30. The van der Waals surface area contributed by atoms with Crippen molar-refractivity contribution in [3.63, 3.8) is 0 Å². The first-order chi connectivity index (χ1) is 11.5. The average molecular weight is 338 g/mol. The highest BCUT2D eigenvalue weighted by Crippen LogP contribution is 2.28. The van der Waals surface area contributed by atoms with E-state index in [9.17, 15) is 9.90 Å². The Labute approximate surface area is 142 Å². The summed E-state index contributed by atoms with van der Waals surface area (Å²) < 4.78 is 22.6. The number of esters is 1. The molecule has 1 fully saturated rings. The standard InChI is InChI=1S/C18H26O6/c1-4-10-21-16-15(24-13(3)19)12(2)23-18(20)17(16)22-11-14-8-6-5-7-9-14/h5-9,12,15-18,20H,4,10-11H2,1-3H3/t12-,15+,16+,17-,18-/m0/s1. The molecule has 0 unspecified atom stereocenters. The molecular formula is C18H26O6. The summed E-state index contributed by atoms with van der Waals surface area (Å²) in [6.07, 6.45) is -2.77. The molecule has 2 rings (SSSR count). The number of aliphatic hydroxyl groups excluding tert-OH is 1. The van der Waals surface area contributed by atoms with Crippen LogP contribution >= 0.6 is 0 Å². The van der Waals surface area contributed by atoms with Crippen molar-refractivity contribution in [3.05, 3.63) is 35.9 Å². The van der Waals surface area contributed by atoms with Crippen LogP contribution in [0.1, 0.15) is 32.8 Å². The molecule has 6 heteroatoms. The average Bonchev–Trinajstić information content (AvgIpc) is 2.55. The van der Waals surface area contributed by atoms with E-state index in [1.54, 1.807) is 6.92 Å². The lowest BCUT2D eigenvalue weighted by Crippen LogP contribution is -2.59. The first-order valence-corrected chi connectivity index (χ1v) is 8.30. The highest BCUT2D eigenvalue weighted by molar-refractivity contribution is 5.66. The number of hydrogen-bond acceptors (Lipinski definition) is 6. The van der Waals surface area contributed by atoms with Gasteiger partial charge in [-0.2, -0.15) is 0 Å². The van der Waals surface area contributed by atoms with Crippen LogP contribution in [0.4, 0.5) is 0 Å². The van der Waals surface area contributed by atoms with Gasteiger partial charge in [-0.1, -0.05) is 37.3 Å². The normalized spacial score (nSPS) is 30.1. The predicted octanol–water partition coefficient (Wildman–Crippen LogP) is 2.04. The summed E-state index contributed by atoms with van der Waals surface area (Å²) in [6.45, 7) is 5.85. The number of rotatable bonds is 7. The quantitative estimate of drug-likeness (QED) is 0.767. The molecule has 1 saturated heterocycles. The van der Waals surface area contributed by atoms with Crippen LogP contribution in [-0.4, -0.2) is 48.4 Å². The lowest BCUT2D eigenvalue weighted by molar-refractivity contribution is -0.300. The maximum Gasteiger partial charge on any atom is 0.303 e. The number of carbonyl (C=O) groups is 1. The Bertz CT molecular complexity index is 505. The third-order valence-electron chi connectivity index (χ3n) is 3.85. The molecule has 1 heterocycles. The van der Waals surface area contributed by atoms with Gasteiger partial charge in [0.2, 0.25) is 0 Å². The topological polar surface area (TPSA) is 74.2 Å². The van der Waals surface area contributed by atoms with Crippen LogP contribution in [0.25, 0.3) is 0 Å². The van der Waals surface area contributed by atoms with Crippen LogP contribution in [0.3, 0.4) is 0 Å². The molecule has 0 bridgehead atoms. The van der Waals surface area contributed by atoms with E-state index in [4.69, 9.17) is 18.9 Å². The number of aliphatic hydroxyl groups is 1. The van der Waals surface area contributed by atoms with E-state index < -0.39 is 36.7 Å². The van der Waals surface area contributed by atoms with Crippen molar-refractivity contribution in [1.29, 1.82) is 0 Å². The monoisotopic (exact) mass is 338 g/mol. The summed E-state index contributed by atoms with van der Waals surface area (Å²) in [5.41, 5.74) is 0.974. The number of hydrogen-bond donors (Lipinski definition) is 1. The minimum Gasteiger partial charge on any atom is -0.457 e. The molecule has 0 amide bonds. The number of carbonyl (C=O) groups excluding carboxylic acids is 1. The van der Waals surface area contributed by atoms with Gasteiger partial charge in [0, 0.05) is 13.5 Å². The van der Waals surface area contributed by atoms with Crippen molar-refractivity contribution in [2.24, 2.45) is 0 Å². The molecular weight excluding hydrogens is 312 g/mol. The molecule has 0 saturated carbocycles. The van der Waals surface area contributed by atoms with Gasteiger partial charge in [-0.15, -0.1) is 0 Å². The van der Waals surface area contributed by atoms with Crippen molar-refractivity contribution in [2.45, 2.75) is 64.5 Å². The Kier molecular flexibility index (Phi) is 7.17. The van der Waals surface area contributed by atoms with Gasteiger partial charge >= 0.3 is 5.97 Å². The first kappa shape index (κ1) is 18.9. The molecule has 1 N–H and O–H groups in total. The van der Waals surface area contributed by atoms with Gasteiger partial charge in [0.05, 0.1) is 12.7 Å². The van der Waals surface area contributed by atoms with Gasteiger partial charge in [-0.05, 0) is 18.9 Å². The fourth-order valence-corrected chi connectivity index (χ4v) is 2.73. The fourth-order valence-electron chi connectivity index (χ4n) is 2.73. The Morgan fingerprint density at radius 3 is 2.50 bits per heavy atom. The second-order valence-corrected chi connectivity index (χ2v) is 5.90. The fraction of sp³-hybridized carbons (Fsp3) is 0.611. The second kappa shape index (κ2) is 9.13. The molecule has 1 aromatic carbocycles. The van der Waals surface area contributed by atoms with E-state index in [0.29, 0.717) is 13.2 Å². The third-order valence-corrected chi connectivity index (χ3v) is 3.85. The Hall–Kier alpha value is -1.47. The van der Waals surface area contributed by atoms with Gasteiger partial charge < -0.3 is 24.1 Å². The van der Waals surface area contributed by atoms with Gasteiger partial charge in [0.15, 0.2) is 12.4 Å². The van der Waals surface area contributed by atoms with Crippen molar-refractivity contribution in [1.82, 2.24) is 0 Å². The molecule has 0 aromatic heterocycles. The minimum atomic E-state index is -1.14. The van der Waals surface area contributed by atoms with E-state index in [-0.39, 0.29) is 0 Å². The minimum absolute atomic E-state index is 0.305. The van der Waals surface area contributed by atoms with Crippen LogP contribution in [0, 0.1) is 0 Å². The van der Waals surface area contributed by atoms with Gasteiger partial charge in [0.1, 0.15) is 12.2 Å². The smallest absolute Gasteiger partial charge is 0.303 e. The molecule has 1 aromatic rings. The number of benzene rings is 1. The molecule has 0 spiro atoms. The van der Waals surface area contributed by atoms with E-state index in [1.165, 1.54) is 6.92 Å². The van der Waals surface area contributed by atoms with Crippen LogP contribution < -0.4 is 0 Å². The van der Waals surface area contributed by atoms with Crippen molar-refractivity contribution >= 4 is 5.97 Å². The Balaban J connectivity index is 2.11. The molecule has 134 valence electrons. The van der Waals surface area contributed by atoms with Crippen molar-refractivity contribution in [3.8, 4) is 0 Å². The van der Waals surface area contributed by atoms with Crippen LogP contribution in [-0.2, 0) is 30.3 Å². The summed E-state index contributed by atoms with van der Waals surface area (Å²) in [5.74, 6) is -0.418.